The highest BCUT2D eigenvalue weighted by Gasteiger charge is 2.35. The van der Waals surface area contributed by atoms with E-state index in [0.29, 0.717) is 129 Å². The van der Waals surface area contributed by atoms with Gasteiger partial charge in [0, 0.05) is 68.5 Å². The quantitative estimate of drug-likeness (QED) is 0.0327. The van der Waals surface area contributed by atoms with Crippen LogP contribution in [0.4, 0.5) is 27.9 Å². The zero-order valence-electron chi connectivity index (χ0n) is 42.7. The molecule has 1 fully saturated rings. The van der Waals surface area contributed by atoms with Crippen molar-refractivity contribution in [1.82, 2.24) is 51.2 Å². The number of benzene rings is 3. The van der Waals surface area contributed by atoms with Crippen LogP contribution in [0.3, 0.4) is 0 Å². The van der Waals surface area contributed by atoms with Crippen molar-refractivity contribution in [3.63, 3.8) is 0 Å². The fraction of sp³-hybridized carbons (Fsp3) is 0.365. The molecule has 3 aromatic heterocycles. The first-order valence-electron chi connectivity index (χ1n) is 25.1. The molecular weight excluding hydrogens is 1010 g/mol. The summed E-state index contributed by atoms with van der Waals surface area (Å²) in [5.41, 5.74) is 20.0. The van der Waals surface area contributed by atoms with E-state index in [0.717, 1.165) is 5.69 Å². The second kappa shape index (κ2) is 26.9. The first-order chi connectivity index (χ1) is 37.8. The Balaban J connectivity index is 0.630. The molecule has 2 aliphatic rings. The van der Waals surface area contributed by atoms with E-state index in [1.54, 1.807) is 77.9 Å². The maximum Gasteiger partial charge on any atom is 0.333 e. The molecule has 1 aliphatic heterocycles. The molecule has 0 saturated carbocycles. The number of hydrazine groups is 1. The average Bonchev–Trinajstić information content (AvgIpc) is 4.04. The smallest absolute Gasteiger partial charge is 0.333 e. The highest BCUT2D eigenvalue weighted by molar-refractivity contribution is 6.27. The number of anilines is 4. The molecule has 0 radical (unpaired) electrons. The molecule has 410 valence electrons. The van der Waals surface area contributed by atoms with Gasteiger partial charge < -0.3 is 61.1 Å². The number of nitrogens with two attached hydrogens (primary N) is 2. The van der Waals surface area contributed by atoms with Gasteiger partial charge in [0.1, 0.15) is 23.3 Å². The number of rotatable bonds is 28. The van der Waals surface area contributed by atoms with Gasteiger partial charge >= 0.3 is 12.0 Å². The number of carbonyl (C=O) groups excluding carboxylic acids is 5. The van der Waals surface area contributed by atoms with Gasteiger partial charge in [-0.05, 0) is 67.4 Å². The summed E-state index contributed by atoms with van der Waals surface area (Å²) < 4.78 is 27.6. The molecule has 3 aromatic carbocycles. The van der Waals surface area contributed by atoms with Gasteiger partial charge in [0.2, 0.25) is 5.95 Å². The number of carboxylic acids is 1. The highest BCUT2D eigenvalue weighted by atomic mass is 16.5. The number of hydrogen-bond donors (Lipinski definition) is 8. The Kier molecular flexibility index (Phi) is 19.1. The van der Waals surface area contributed by atoms with Crippen LogP contribution in [0.2, 0.25) is 0 Å². The van der Waals surface area contributed by atoms with E-state index >= 15 is 0 Å². The molecule has 1 unspecified atom stereocenters. The van der Waals surface area contributed by atoms with E-state index in [4.69, 9.17) is 35.2 Å². The van der Waals surface area contributed by atoms with Crippen molar-refractivity contribution in [3.8, 4) is 28.3 Å². The molecule has 78 heavy (non-hydrogen) atoms. The van der Waals surface area contributed by atoms with Gasteiger partial charge in [-0.3, -0.25) is 29.7 Å². The summed E-state index contributed by atoms with van der Waals surface area (Å²) in [7, 11) is 1.83. The lowest BCUT2D eigenvalue weighted by Gasteiger charge is -2.27. The van der Waals surface area contributed by atoms with Crippen LogP contribution in [-0.2, 0) is 39.9 Å². The lowest BCUT2D eigenvalue weighted by molar-refractivity contribution is -0.139. The Labute approximate surface area is 446 Å². The van der Waals surface area contributed by atoms with Gasteiger partial charge in [-0.1, -0.05) is 12.1 Å². The van der Waals surface area contributed by atoms with Crippen LogP contribution in [0.5, 0.6) is 5.75 Å². The Morgan fingerprint density at radius 1 is 0.872 bits per heavy atom. The summed E-state index contributed by atoms with van der Waals surface area (Å²) in [6.07, 6.45) is 2.09. The molecule has 4 heterocycles. The van der Waals surface area contributed by atoms with Crippen molar-refractivity contribution < 1.29 is 57.6 Å². The van der Waals surface area contributed by atoms with Crippen LogP contribution in [-0.4, -0.2) is 168 Å². The monoisotopic (exact) mass is 1070 g/mol. The van der Waals surface area contributed by atoms with E-state index in [2.05, 4.69) is 51.5 Å². The Hall–Kier alpha value is -8.69. The number of aromatic nitrogens is 6. The minimum Gasteiger partial charge on any atom is -0.484 e. The van der Waals surface area contributed by atoms with Gasteiger partial charge in [-0.2, -0.15) is 15.1 Å². The lowest BCUT2D eigenvalue weighted by atomic mass is 10.0. The Bertz CT molecular complexity index is 3100. The topological polar surface area (TPSA) is 356 Å². The number of H-pyrrole nitrogens is 1. The lowest BCUT2D eigenvalue weighted by Crippen LogP contribution is -2.49. The van der Waals surface area contributed by atoms with Gasteiger partial charge in [-0.15, -0.1) is 0 Å². The largest absolute Gasteiger partial charge is 0.484 e. The number of nitrogens with one attached hydrogen (secondary N) is 5. The van der Waals surface area contributed by atoms with Crippen LogP contribution in [0.1, 0.15) is 57.7 Å². The SMILES string of the molecule is CN(Cc1cnc2nc(N)nc(N)c2n1)c1ccc(C(=O)NC(CCC(=O)CCCOCCOCCOCCNC(=O)COc2ccc(-c3n[nH]c4c3C(=O)c3c(NC(=O)NN5CCOCC5)cccc3-4)cc2)C(=O)O)cc1. The molecule has 1 saturated heterocycles. The summed E-state index contributed by atoms with van der Waals surface area (Å²) in [5.74, 6) is -2.02. The molecule has 26 heteroatoms. The second-order valence-electron chi connectivity index (χ2n) is 18.0. The number of nitrogens with zero attached hydrogens (tertiary/aromatic N) is 7. The van der Waals surface area contributed by atoms with Crippen molar-refractivity contribution in [2.24, 2.45) is 0 Å². The van der Waals surface area contributed by atoms with Crippen molar-refractivity contribution in [1.29, 1.82) is 0 Å². The molecule has 0 bridgehead atoms. The number of ether oxygens (including phenoxy) is 5. The number of ketones is 2. The molecule has 0 spiro atoms. The van der Waals surface area contributed by atoms with Crippen LogP contribution in [0.15, 0.2) is 72.9 Å². The predicted octanol–water partition coefficient (Wildman–Crippen LogP) is 2.75. The Morgan fingerprint density at radius 3 is 2.35 bits per heavy atom. The second-order valence-corrected chi connectivity index (χ2v) is 18.0. The van der Waals surface area contributed by atoms with Gasteiger partial charge in [0.15, 0.2) is 29.4 Å². The van der Waals surface area contributed by atoms with Crippen LogP contribution >= 0.6 is 0 Å². The fourth-order valence-corrected chi connectivity index (χ4v) is 8.44. The van der Waals surface area contributed by atoms with E-state index in [9.17, 15) is 33.9 Å². The third-order valence-electron chi connectivity index (χ3n) is 12.4. The summed E-state index contributed by atoms with van der Waals surface area (Å²) >= 11 is 0. The molecule has 1 aliphatic carbocycles. The summed E-state index contributed by atoms with van der Waals surface area (Å²) in [6, 6.07) is 17.0. The maximum atomic E-state index is 13.8. The summed E-state index contributed by atoms with van der Waals surface area (Å²) in [5, 5.41) is 27.0. The maximum absolute atomic E-state index is 13.8. The van der Waals surface area contributed by atoms with Crippen molar-refractivity contribution in [3.05, 3.63) is 95.3 Å². The van der Waals surface area contributed by atoms with Gasteiger partial charge in [-0.25, -0.2) is 24.6 Å². The fourth-order valence-electron chi connectivity index (χ4n) is 8.44. The number of nitrogen functional groups attached to an aromatic ring is 2. The van der Waals surface area contributed by atoms with E-state index in [1.165, 1.54) is 0 Å². The van der Waals surface area contributed by atoms with Gasteiger partial charge in [0.25, 0.3) is 11.8 Å². The van der Waals surface area contributed by atoms with Crippen LogP contribution in [0.25, 0.3) is 33.7 Å². The van der Waals surface area contributed by atoms with E-state index in [1.807, 2.05) is 11.9 Å². The number of aromatic amines is 1. The first kappa shape index (κ1) is 55.5. The number of carboxylic acid groups (broad SMARTS) is 1. The molecule has 26 nitrogen and oxygen atoms in total. The van der Waals surface area contributed by atoms with Crippen molar-refractivity contribution in [2.75, 3.05) is 108 Å². The van der Waals surface area contributed by atoms with E-state index in [-0.39, 0.29) is 79.5 Å². The highest BCUT2D eigenvalue weighted by Crippen LogP contribution is 2.43. The third-order valence-corrected chi connectivity index (χ3v) is 12.4. The Morgan fingerprint density at radius 2 is 1.60 bits per heavy atom. The third kappa shape index (κ3) is 14.8. The molecule has 8 rings (SSSR count). The van der Waals surface area contributed by atoms with Crippen LogP contribution < -0.4 is 42.5 Å². The number of amides is 4. The molecule has 6 aromatic rings. The van der Waals surface area contributed by atoms with Crippen LogP contribution in [0, 0.1) is 0 Å². The van der Waals surface area contributed by atoms with Crippen molar-refractivity contribution >= 4 is 69.7 Å². The van der Waals surface area contributed by atoms with E-state index < -0.39 is 23.9 Å². The number of fused-ring (bicyclic) bond motifs is 4. The molecular formula is C52H60N14O12. The first-order valence-corrected chi connectivity index (χ1v) is 25.1. The van der Waals surface area contributed by atoms with Gasteiger partial charge in [0.05, 0.1) is 87.2 Å². The number of carbonyl (C=O) groups is 6. The number of aliphatic carboxylic acids is 1. The molecule has 1 atom stereocenters. The average molecular weight is 1070 g/mol. The zero-order valence-corrected chi connectivity index (χ0v) is 42.7. The molecule has 4 amide bonds. The number of Topliss-reactive ketones (excluding diaryl/α,β-unsaturated/α-hetero) is 1. The number of morpholine rings is 1. The zero-order chi connectivity index (χ0) is 55.0. The summed E-state index contributed by atoms with van der Waals surface area (Å²) in [6.45, 7) is 4.30. The molecule has 10 N–H and O–H groups in total. The normalized spacial score (nSPS) is 13.3. The summed E-state index contributed by atoms with van der Waals surface area (Å²) in [4.78, 5) is 95.0. The predicted molar refractivity (Wildman–Crippen MR) is 283 cm³/mol. The number of hydrogen-bond acceptors (Lipinski definition) is 20. The standard InChI is InChI=1S/C52H60N14O12/c1-65(29-33-28-56-48-45(57-33)47(53)60-51(54)61-48)34-11-7-32(8-12-34)49(70)58-39(50(71)72)16-13-35(67)4-3-20-74-24-26-77-27-25-75-21-17-55-40(68)30-78-36-14-9-31(10-15-36)43-42-44(63-62-43)37-5-2-6-38(41(37)46(42)69)59-52(73)64-66-18-22-76-23-19-66/h2,5-12,14-15,28,39H,3-4,13,16-27,29-30H2,1H3,(H,55,68)(H,58,70)(H,62,63)(H,71,72)(H2,59,64,73)(H4,53,54,56,60,61). The number of urea groups is 1. The van der Waals surface area contributed by atoms with Crippen molar-refractivity contribution in [2.45, 2.75) is 38.3 Å². The minimum absolute atomic E-state index is 0.00240. The minimum atomic E-state index is -1.26.